The van der Waals surface area contributed by atoms with Gasteiger partial charge in [0.25, 0.3) is 5.91 Å². The Kier molecular flexibility index (Phi) is 5.86. The molecule has 0 saturated carbocycles. The number of nitrogens with zero attached hydrogens (tertiary/aromatic N) is 2. The zero-order valence-corrected chi connectivity index (χ0v) is 17.1. The van der Waals surface area contributed by atoms with E-state index in [1.165, 1.54) is 18.2 Å². The van der Waals surface area contributed by atoms with Gasteiger partial charge >= 0.3 is 5.97 Å². The second-order valence-corrected chi connectivity index (χ2v) is 7.19. The molecule has 0 aliphatic heterocycles. The minimum atomic E-state index is -1.02. The highest BCUT2D eigenvalue weighted by molar-refractivity contribution is 6.01. The number of aromatic carboxylic acids is 1. The minimum Gasteiger partial charge on any atom is -0.478 e. The lowest BCUT2D eigenvalue weighted by atomic mass is 10.1. The van der Waals surface area contributed by atoms with Crippen LogP contribution in [0.4, 0.5) is 0 Å². The number of nitriles is 1. The van der Waals surface area contributed by atoms with Gasteiger partial charge in [-0.1, -0.05) is 24.3 Å². The summed E-state index contributed by atoms with van der Waals surface area (Å²) in [6, 6.07) is 19.9. The predicted molar refractivity (Wildman–Crippen MR) is 121 cm³/mol. The van der Waals surface area contributed by atoms with Crippen molar-refractivity contribution in [3.05, 3.63) is 95.5 Å². The number of carboxylic acid groups (broad SMARTS) is 1. The Morgan fingerprint density at radius 3 is 2.78 bits per heavy atom. The molecular formula is C25H20N4O3. The van der Waals surface area contributed by atoms with E-state index in [9.17, 15) is 20.0 Å². The van der Waals surface area contributed by atoms with Crippen LogP contribution in [0.2, 0.25) is 0 Å². The number of para-hydroxylation sites is 1. The maximum Gasteiger partial charge on any atom is 0.335 e. The first-order chi connectivity index (χ1) is 15.6. The van der Waals surface area contributed by atoms with E-state index in [-0.39, 0.29) is 11.1 Å². The summed E-state index contributed by atoms with van der Waals surface area (Å²) in [6.45, 7) is 0.390. The number of carboxylic acids is 1. The Balaban J connectivity index is 1.48. The summed E-state index contributed by atoms with van der Waals surface area (Å²) in [5.41, 5.74) is 3.48. The van der Waals surface area contributed by atoms with E-state index in [1.54, 1.807) is 35.0 Å². The second kappa shape index (κ2) is 9.06. The third-order valence-electron chi connectivity index (χ3n) is 5.16. The maximum atomic E-state index is 12.6. The Morgan fingerprint density at radius 1 is 1.12 bits per heavy atom. The Hall–Kier alpha value is -4.57. The fourth-order valence-electron chi connectivity index (χ4n) is 3.58. The molecule has 2 aromatic carbocycles. The lowest BCUT2D eigenvalue weighted by Gasteiger charge is -2.08. The molecule has 0 saturated heterocycles. The van der Waals surface area contributed by atoms with Crippen LogP contribution in [-0.4, -0.2) is 33.1 Å². The number of nitrogens with one attached hydrogen (secondary N) is 2. The predicted octanol–water partition coefficient (Wildman–Crippen LogP) is 3.92. The number of amides is 1. The van der Waals surface area contributed by atoms with Gasteiger partial charge in [-0.15, -0.1) is 0 Å². The molecule has 4 aromatic rings. The number of fused-ring (bicyclic) bond motifs is 1. The second-order valence-electron chi connectivity index (χ2n) is 7.19. The standard InChI is InChI=1S/C25H20N4O3/c26-15-19(24(30)27-11-10-18-16-28-23-9-2-1-8-22(18)23)14-21-7-4-12-29(21)20-6-3-5-17(13-20)25(31)32/h1-9,12-14,16,28H,10-11H2,(H,27,30)(H,31,32)/b19-14-. The number of carbonyl (C=O) groups excluding carboxylic acids is 1. The lowest BCUT2D eigenvalue weighted by Crippen LogP contribution is -2.26. The topological polar surface area (TPSA) is 111 Å². The van der Waals surface area contributed by atoms with Crippen LogP contribution in [0.5, 0.6) is 0 Å². The Morgan fingerprint density at radius 2 is 1.97 bits per heavy atom. The molecule has 0 atom stereocenters. The van der Waals surface area contributed by atoms with Crippen LogP contribution >= 0.6 is 0 Å². The van der Waals surface area contributed by atoms with E-state index in [0.29, 0.717) is 24.3 Å². The number of hydrogen-bond acceptors (Lipinski definition) is 3. The van der Waals surface area contributed by atoms with Gasteiger partial charge in [-0.2, -0.15) is 5.26 Å². The number of carbonyl (C=O) groups is 2. The number of aromatic amines is 1. The first-order valence-electron chi connectivity index (χ1n) is 10.0. The molecule has 7 heteroatoms. The monoisotopic (exact) mass is 424 g/mol. The van der Waals surface area contributed by atoms with Crippen LogP contribution in [0.3, 0.4) is 0 Å². The van der Waals surface area contributed by atoms with Crippen molar-refractivity contribution in [1.82, 2.24) is 14.9 Å². The van der Waals surface area contributed by atoms with Crippen molar-refractivity contribution in [3.8, 4) is 11.8 Å². The van der Waals surface area contributed by atoms with E-state index in [0.717, 1.165) is 16.5 Å². The van der Waals surface area contributed by atoms with Gasteiger partial charge in [0.05, 0.1) is 5.56 Å². The highest BCUT2D eigenvalue weighted by Crippen LogP contribution is 2.19. The summed E-state index contributed by atoms with van der Waals surface area (Å²) in [5.74, 6) is -1.48. The lowest BCUT2D eigenvalue weighted by molar-refractivity contribution is -0.117. The van der Waals surface area contributed by atoms with E-state index >= 15 is 0 Å². The summed E-state index contributed by atoms with van der Waals surface area (Å²) in [7, 11) is 0. The van der Waals surface area contributed by atoms with E-state index < -0.39 is 11.9 Å². The van der Waals surface area contributed by atoms with Gasteiger partial charge in [0.15, 0.2) is 0 Å². The summed E-state index contributed by atoms with van der Waals surface area (Å²) in [5, 5.41) is 22.7. The molecule has 1 amide bonds. The molecule has 0 unspecified atom stereocenters. The van der Waals surface area contributed by atoms with Crippen LogP contribution < -0.4 is 5.32 Å². The van der Waals surface area contributed by atoms with Gasteiger partial charge in [0.1, 0.15) is 11.6 Å². The smallest absolute Gasteiger partial charge is 0.335 e. The molecule has 0 bridgehead atoms. The van der Waals surface area contributed by atoms with Crippen molar-refractivity contribution < 1.29 is 14.7 Å². The van der Waals surface area contributed by atoms with Crippen molar-refractivity contribution in [3.63, 3.8) is 0 Å². The van der Waals surface area contributed by atoms with E-state index in [1.807, 2.05) is 36.5 Å². The van der Waals surface area contributed by atoms with Crippen molar-refractivity contribution in [2.75, 3.05) is 6.54 Å². The molecule has 3 N–H and O–H groups in total. The van der Waals surface area contributed by atoms with Gasteiger partial charge < -0.3 is 20.0 Å². The maximum absolute atomic E-state index is 12.6. The minimum absolute atomic E-state index is 0.0294. The van der Waals surface area contributed by atoms with Gasteiger partial charge in [-0.25, -0.2) is 4.79 Å². The summed E-state index contributed by atoms with van der Waals surface area (Å²) >= 11 is 0. The van der Waals surface area contributed by atoms with Crippen molar-refractivity contribution in [2.24, 2.45) is 0 Å². The van der Waals surface area contributed by atoms with Gasteiger partial charge in [-0.3, -0.25) is 4.79 Å². The molecule has 4 rings (SSSR count). The number of H-pyrrole nitrogens is 1. The molecule has 2 aromatic heterocycles. The molecular weight excluding hydrogens is 404 g/mol. The fraction of sp³-hybridized carbons (Fsp3) is 0.0800. The van der Waals surface area contributed by atoms with Gasteiger partial charge in [-0.05, 0) is 54.5 Å². The van der Waals surface area contributed by atoms with E-state index in [4.69, 9.17) is 0 Å². The fourth-order valence-corrected chi connectivity index (χ4v) is 3.58. The van der Waals surface area contributed by atoms with Crippen LogP contribution in [0.1, 0.15) is 21.6 Å². The zero-order valence-electron chi connectivity index (χ0n) is 17.1. The molecule has 0 spiro atoms. The Labute approximate surface area is 184 Å². The largest absolute Gasteiger partial charge is 0.478 e. The van der Waals surface area contributed by atoms with Crippen molar-refractivity contribution in [2.45, 2.75) is 6.42 Å². The number of aromatic nitrogens is 2. The highest BCUT2D eigenvalue weighted by Gasteiger charge is 2.12. The average Bonchev–Trinajstić information content (AvgIpc) is 3.44. The van der Waals surface area contributed by atoms with Crippen molar-refractivity contribution >= 4 is 28.9 Å². The third kappa shape index (κ3) is 4.30. The summed E-state index contributed by atoms with van der Waals surface area (Å²) < 4.78 is 1.73. The number of benzene rings is 2. The van der Waals surface area contributed by atoms with Crippen LogP contribution in [0, 0.1) is 11.3 Å². The van der Waals surface area contributed by atoms with Crippen molar-refractivity contribution in [1.29, 1.82) is 5.26 Å². The molecule has 158 valence electrons. The van der Waals surface area contributed by atoms with Crippen LogP contribution in [0.15, 0.2) is 78.6 Å². The first-order valence-corrected chi connectivity index (χ1v) is 10.0. The average molecular weight is 424 g/mol. The molecule has 0 aliphatic rings. The first kappa shape index (κ1) is 20.7. The molecule has 32 heavy (non-hydrogen) atoms. The van der Waals surface area contributed by atoms with Gasteiger partial charge in [0.2, 0.25) is 0 Å². The molecule has 2 heterocycles. The number of hydrogen-bond donors (Lipinski definition) is 3. The third-order valence-corrected chi connectivity index (χ3v) is 5.16. The van der Waals surface area contributed by atoms with Gasteiger partial charge in [0, 0.05) is 41.2 Å². The molecule has 7 nitrogen and oxygen atoms in total. The molecule has 0 aliphatic carbocycles. The molecule has 0 fully saturated rings. The SMILES string of the molecule is N#C/C(=C/c1cccn1-c1cccc(C(=O)O)c1)C(=O)NCCc1c[nH]c2ccccc12. The quantitative estimate of drug-likeness (QED) is 0.308. The number of rotatable bonds is 7. The highest BCUT2D eigenvalue weighted by atomic mass is 16.4. The summed E-state index contributed by atoms with van der Waals surface area (Å²) in [6.07, 6.45) is 5.80. The van der Waals surface area contributed by atoms with Crippen LogP contribution in [0.25, 0.3) is 22.7 Å². The normalized spacial score (nSPS) is 11.3. The molecule has 0 radical (unpaired) electrons. The van der Waals surface area contributed by atoms with Crippen LogP contribution in [-0.2, 0) is 11.2 Å². The van der Waals surface area contributed by atoms with E-state index in [2.05, 4.69) is 10.3 Å². The zero-order chi connectivity index (χ0) is 22.5. The summed E-state index contributed by atoms with van der Waals surface area (Å²) in [4.78, 5) is 27.1. The Bertz CT molecular complexity index is 1370.